The molecule has 28 nitrogen and oxygen atoms in total. The van der Waals surface area contributed by atoms with Gasteiger partial charge in [-0.05, 0) is 75.9 Å². The number of hydrogen-bond acceptors (Lipinski definition) is 18. The lowest BCUT2D eigenvalue weighted by Gasteiger charge is -2.26. The Morgan fingerprint density at radius 2 is 0.875 bits per heavy atom. The first-order chi connectivity index (χ1) is 42.4. The molecular weight excluding hydrogens is 1170 g/mol. The van der Waals surface area contributed by atoms with Crippen molar-refractivity contribution in [2.75, 3.05) is 37.7 Å². The van der Waals surface area contributed by atoms with E-state index in [0.29, 0.717) is 70.3 Å². The molecule has 0 bridgehead atoms. The van der Waals surface area contributed by atoms with Gasteiger partial charge in [0.1, 0.15) is 36.3 Å². The Morgan fingerprint density at radius 3 is 1.23 bits per heavy atom. The zero-order valence-electron chi connectivity index (χ0n) is 48.9. The lowest BCUT2D eigenvalue weighted by Crippen LogP contribution is -2.58. The van der Waals surface area contributed by atoms with Crippen molar-refractivity contribution in [3.8, 4) is 0 Å². The molecule has 0 aliphatic rings. The van der Waals surface area contributed by atoms with Gasteiger partial charge in [-0.2, -0.15) is 0 Å². The summed E-state index contributed by atoms with van der Waals surface area (Å²) in [6.45, 7) is 4.41. The Labute approximate surface area is 515 Å². The van der Waals surface area contributed by atoms with E-state index in [9.17, 15) is 47.9 Å². The van der Waals surface area contributed by atoms with E-state index in [0.717, 1.165) is 21.6 Å². The molecular formula is C58H76N18O10S2. The first-order valence-corrected chi connectivity index (χ1v) is 31.2. The van der Waals surface area contributed by atoms with E-state index >= 15 is 0 Å². The Bertz CT molecular complexity index is 3150. The van der Waals surface area contributed by atoms with Crippen LogP contribution in [0, 0.1) is 0 Å². The molecule has 4 heterocycles. The number of benzene rings is 2. The van der Waals surface area contributed by atoms with Crippen molar-refractivity contribution < 1.29 is 47.9 Å². The van der Waals surface area contributed by atoms with E-state index in [4.69, 9.17) is 22.9 Å². The second kappa shape index (κ2) is 35.0. The standard InChI is InChI=1S/C58H76N18O10S2/c1-3-39-37(23-33-11-5-7-13-41(33)69-39)51(79)73-45(25-35-27-63-31-67-35)57(85)71-43(15-17-49(61)77)55(83)75-47(53(81)65-21-9-19-59)29-87-88-30-48(54(82)66-22-10-20-60)76-56(84)44(16-18-50(62)78)72-58(86)46(26-36-28-64-32-68-36)74-52(80)38-24-34-12-6-8-14-42(34)70-40(38)4-2/h5-8,11-14,23-24,27-28,31-32,43-48H,3-4,9-10,15-22,25-26,29-30,59-60H2,1-2H3,(H2,61,77)(H2,62,78)(H,63,67)(H,64,68)(H,65,81)(H,66,82)(H,71,85)(H,72,86)(H,73,79)(H,74,80)(H,75,83)(H,76,84)/t43-,44-,45-,46-,47-,48-/m0/s1. The number of nitrogens with one attached hydrogen (secondary N) is 10. The average Bonchev–Trinajstić information content (AvgIpc) is 2.54. The van der Waals surface area contributed by atoms with Crippen molar-refractivity contribution in [2.45, 2.75) is 114 Å². The molecule has 0 saturated carbocycles. The molecule has 4 aromatic heterocycles. The number of pyridine rings is 2. The van der Waals surface area contributed by atoms with Crippen LogP contribution in [-0.4, -0.2) is 163 Å². The number of aryl methyl sites for hydroxylation is 2. The Balaban J connectivity index is 1.18. The summed E-state index contributed by atoms with van der Waals surface area (Å²) in [7, 11) is 2.07. The number of rotatable bonds is 37. The number of amides is 10. The summed E-state index contributed by atoms with van der Waals surface area (Å²) in [6.07, 6.45) is 5.74. The fraction of sp³-hybridized carbons (Fsp3) is 0.414. The van der Waals surface area contributed by atoms with Crippen LogP contribution in [-0.2, 0) is 64.0 Å². The van der Waals surface area contributed by atoms with Crippen molar-refractivity contribution in [3.05, 3.63) is 120 Å². The third-order valence-corrected chi connectivity index (χ3v) is 16.2. The molecule has 18 N–H and O–H groups in total. The fourth-order valence-corrected chi connectivity index (χ4v) is 11.4. The summed E-state index contributed by atoms with van der Waals surface area (Å²) in [5.74, 6) is -7.81. The van der Waals surface area contributed by atoms with Crippen LogP contribution in [0.15, 0.2) is 85.7 Å². The second-order valence-electron chi connectivity index (χ2n) is 20.4. The van der Waals surface area contributed by atoms with E-state index in [-0.39, 0.29) is 87.3 Å². The molecule has 0 saturated heterocycles. The summed E-state index contributed by atoms with van der Waals surface area (Å²) in [6, 6.07) is 9.67. The maximum absolute atomic E-state index is 14.3. The molecule has 0 aliphatic carbocycles. The quantitative estimate of drug-likeness (QED) is 0.0173. The van der Waals surface area contributed by atoms with Crippen LogP contribution in [0.25, 0.3) is 21.8 Å². The van der Waals surface area contributed by atoms with E-state index in [1.165, 1.54) is 25.0 Å². The van der Waals surface area contributed by atoms with E-state index in [2.05, 4.69) is 72.4 Å². The van der Waals surface area contributed by atoms with Gasteiger partial charge >= 0.3 is 0 Å². The van der Waals surface area contributed by atoms with Gasteiger partial charge in [0.15, 0.2) is 0 Å². The largest absolute Gasteiger partial charge is 0.370 e. The van der Waals surface area contributed by atoms with Gasteiger partial charge in [0.25, 0.3) is 11.8 Å². The average molecular weight is 1250 g/mol. The van der Waals surface area contributed by atoms with Gasteiger partial charge in [-0.25, -0.2) is 9.97 Å². The van der Waals surface area contributed by atoms with Gasteiger partial charge < -0.3 is 75.4 Å². The predicted molar refractivity (Wildman–Crippen MR) is 332 cm³/mol. The highest BCUT2D eigenvalue weighted by Gasteiger charge is 2.34. The number of nitrogens with two attached hydrogens (primary N) is 4. The van der Waals surface area contributed by atoms with E-state index < -0.39 is 95.3 Å². The zero-order valence-corrected chi connectivity index (χ0v) is 50.5. The highest BCUT2D eigenvalue weighted by molar-refractivity contribution is 8.76. The van der Waals surface area contributed by atoms with Crippen LogP contribution in [0.2, 0.25) is 0 Å². The number of fused-ring (bicyclic) bond motifs is 2. The van der Waals surface area contributed by atoms with Crippen LogP contribution in [0.1, 0.15) is 95.9 Å². The Morgan fingerprint density at radius 1 is 0.500 bits per heavy atom. The van der Waals surface area contributed by atoms with Gasteiger partial charge in [-0.15, -0.1) is 0 Å². The monoisotopic (exact) mass is 1250 g/mol. The first kappa shape index (κ1) is 68.1. The summed E-state index contributed by atoms with van der Waals surface area (Å²) >= 11 is 0. The summed E-state index contributed by atoms with van der Waals surface area (Å²) in [5, 5.41) is 23.1. The lowest BCUT2D eigenvalue weighted by atomic mass is 10.0. The Hall–Kier alpha value is -9.00. The molecule has 30 heteroatoms. The highest BCUT2D eigenvalue weighted by atomic mass is 33.1. The van der Waals surface area contributed by atoms with Crippen molar-refractivity contribution in [2.24, 2.45) is 22.9 Å². The smallest absolute Gasteiger partial charge is 0.253 e. The minimum atomic E-state index is -1.47. The Kier molecular flexibility index (Phi) is 27.1. The number of primary amides is 2. The molecule has 0 unspecified atom stereocenters. The van der Waals surface area contributed by atoms with Gasteiger partial charge in [-0.3, -0.25) is 57.9 Å². The fourth-order valence-electron chi connectivity index (χ4n) is 9.04. The molecule has 470 valence electrons. The number of H-pyrrole nitrogens is 2. The van der Waals surface area contributed by atoms with Crippen LogP contribution in [0.5, 0.6) is 0 Å². The number of imidazole rings is 2. The maximum atomic E-state index is 14.3. The third kappa shape index (κ3) is 20.9. The molecule has 88 heavy (non-hydrogen) atoms. The molecule has 0 fully saturated rings. The van der Waals surface area contributed by atoms with E-state index in [1.807, 2.05) is 38.1 Å². The summed E-state index contributed by atoms with van der Waals surface area (Å²) in [5.41, 5.74) is 26.2. The number of carbonyl (C=O) groups is 10. The first-order valence-electron chi connectivity index (χ1n) is 28.7. The van der Waals surface area contributed by atoms with Crippen molar-refractivity contribution in [1.29, 1.82) is 0 Å². The molecule has 6 rings (SSSR count). The van der Waals surface area contributed by atoms with Crippen LogP contribution < -0.4 is 65.5 Å². The minimum absolute atomic E-state index is 0.0996. The minimum Gasteiger partial charge on any atom is -0.370 e. The third-order valence-electron chi connectivity index (χ3n) is 13.8. The molecule has 0 radical (unpaired) electrons. The number of hydrogen-bond donors (Lipinski definition) is 14. The maximum Gasteiger partial charge on any atom is 0.253 e. The lowest BCUT2D eigenvalue weighted by molar-refractivity contribution is -0.132. The van der Waals surface area contributed by atoms with Gasteiger partial charge in [0, 0.05) is 84.8 Å². The van der Waals surface area contributed by atoms with Crippen LogP contribution in [0.3, 0.4) is 0 Å². The molecule has 2 aromatic carbocycles. The van der Waals surface area contributed by atoms with Crippen molar-refractivity contribution in [1.82, 2.24) is 72.4 Å². The van der Waals surface area contributed by atoms with Crippen LogP contribution >= 0.6 is 21.6 Å². The second-order valence-corrected chi connectivity index (χ2v) is 22.9. The SMILES string of the molecule is CCc1nc2ccccc2cc1C(=O)N[C@@H](Cc1cnc[nH]1)C(=O)N[C@@H](CCC(N)=O)C(=O)N[C@@H](CSSC[C@H](NC(=O)[C@H](CCC(N)=O)NC(=O)[C@H](Cc1cnc[nH]1)NC(=O)c1cc2ccccc2nc1CC)C(=O)NCCCN)C(=O)NCCCN. The number of carbonyl (C=O) groups excluding carboxylic acids is 10. The summed E-state index contributed by atoms with van der Waals surface area (Å²) < 4.78 is 0. The number of nitrogens with zero attached hydrogens (tertiary/aromatic N) is 4. The molecule has 0 aliphatic heterocycles. The number of para-hydroxylation sites is 2. The normalized spacial score (nSPS) is 13.2. The highest BCUT2D eigenvalue weighted by Crippen LogP contribution is 2.24. The van der Waals surface area contributed by atoms with E-state index in [1.54, 1.807) is 36.4 Å². The number of aromatic nitrogens is 6. The zero-order chi connectivity index (χ0) is 63.5. The van der Waals surface area contributed by atoms with Crippen molar-refractivity contribution >= 4 is 102 Å². The molecule has 0 spiro atoms. The van der Waals surface area contributed by atoms with Gasteiger partial charge in [0.2, 0.25) is 47.3 Å². The van der Waals surface area contributed by atoms with Gasteiger partial charge in [0.05, 0.1) is 46.2 Å². The van der Waals surface area contributed by atoms with Crippen molar-refractivity contribution in [3.63, 3.8) is 0 Å². The van der Waals surface area contributed by atoms with Gasteiger partial charge in [-0.1, -0.05) is 71.8 Å². The predicted octanol–water partition coefficient (Wildman–Crippen LogP) is -0.482. The summed E-state index contributed by atoms with van der Waals surface area (Å²) in [4.78, 5) is 161. The van der Waals surface area contributed by atoms with Crippen LogP contribution in [0.4, 0.5) is 0 Å². The molecule has 6 aromatic rings. The molecule has 6 atom stereocenters. The number of aromatic amines is 2. The molecule has 10 amide bonds. The topological polar surface area (TPSA) is 454 Å².